The van der Waals surface area contributed by atoms with E-state index < -0.39 is 0 Å². The van der Waals surface area contributed by atoms with Crippen molar-refractivity contribution in [1.82, 2.24) is 15.0 Å². The Kier molecular flexibility index (Phi) is 4.64. The third-order valence-corrected chi connectivity index (χ3v) is 5.17. The maximum Gasteiger partial charge on any atom is 0.273 e. The summed E-state index contributed by atoms with van der Waals surface area (Å²) >= 11 is 1.41. The third-order valence-electron chi connectivity index (χ3n) is 4.25. The van der Waals surface area contributed by atoms with Crippen LogP contribution in [0.25, 0.3) is 10.9 Å². The van der Waals surface area contributed by atoms with Gasteiger partial charge in [-0.15, -0.1) is 11.3 Å². The van der Waals surface area contributed by atoms with Gasteiger partial charge >= 0.3 is 0 Å². The fourth-order valence-corrected chi connectivity index (χ4v) is 3.66. The molecule has 4 rings (SSSR count). The molecule has 1 aliphatic heterocycles. The molecule has 0 fully saturated rings. The average molecular weight is 379 g/mol. The zero-order valence-corrected chi connectivity index (χ0v) is 15.5. The van der Waals surface area contributed by atoms with Crippen LogP contribution in [0.2, 0.25) is 0 Å². The van der Waals surface area contributed by atoms with Crippen molar-refractivity contribution >= 4 is 44.9 Å². The van der Waals surface area contributed by atoms with Crippen LogP contribution in [0.15, 0.2) is 47.7 Å². The lowest BCUT2D eigenvalue weighted by Crippen LogP contribution is -2.34. The normalized spacial score (nSPS) is 14.3. The van der Waals surface area contributed by atoms with E-state index in [2.05, 4.69) is 26.5 Å². The molecule has 0 radical (unpaired) electrons. The van der Waals surface area contributed by atoms with Crippen molar-refractivity contribution in [3.8, 4) is 0 Å². The van der Waals surface area contributed by atoms with Gasteiger partial charge in [-0.1, -0.05) is 24.3 Å². The van der Waals surface area contributed by atoms with Crippen molar-refractivity contribution in [3.63, 3.8) is 0 Å². The number of hydrogen-bond donors (Lipinski definition) is 1. The Balaban J connectivity index is 1.44. The van der Waals surface area contributed by atoms with Gasteiger partial charge in [-0.05, 0) is 12.1 Å². The van der Waals surface area contributed by atoms with E-state index in [-0.39, 0.29) is 11.8 Å². The molecule has 1 N–H and O–H groups in total. The van der Waals surface area contributed by atoms with E-state index in [1.807, 2.05) is 30.3 Å². The number of thiazole rings is 1. The molecule has 0 atom stereocenters. The molecule has 27 heavy (non-hydrogen) atoms. The summed E-state index contributed by atoms with van der Waals surface area (Å²) in [6, 6.07) is 12.0. The second kappa shape index (κ2) is 7.24. The Morgan fingerprint density at radius 3 is 2.93 bits per heavy atom. The molecule has 2 amide bonds. The van der Waals surface area contributed by atoms with Gasteiger partial charge in [0.2, 0.25) is 5.91 Å². The van der Waals surface area contributed by atoms with Gasteiger partial charge in [0.15, 0.2) is 5.13 Å². The van der Waals surface area contributed by atoms with Gasteiger partial charge in [-0.3, -0.25) is 19.9 Å². The van der Waals surface area contributed by atoms with Gasteiger partial charge < -0.3 is 0 Å². The van der Waals surface area contributed by atoms with Gasteiger partial charge in [0, 0.05) is 48.5 Å². The Labute approximate surface area is 159 Å². The summed E-state index contributed by atoms with van der Waals surface area (Å²) in [6.07, 6.45) is 3.03. The second-order valence-corrected chi connectivity index (χ2v) is 7.34. The second-order valence-electron chi connectivity index (χ2n) is 6.22. The summed E-state index contributed by atoms with van der Waals surface area (Å²) in [5, 5.41) is 9.60. The van der Waals surface area contributed by atoms with Crippen LogP contribution in [0.1, 0.15) is 23.4 Å². The van der Waals surface area contributed by atoms with Crippen LogP contribution >= 0.6 is 11.3 Å². The number of amides is 2. The highest BCUT2D eigenvalue weighted by atomic mass is 32.1. The third kappa shape index (κ3) is 3.85. The number of carbonyl (C=O) groups is 2. The van der Waals surface area contributed by atoms with Gasteiger partial charge in [0.05, 0.1) is 5.52 Å². The number of fused-ring (bicyclic) bond motifs is 1. The van der Waals surface area contributed by atoms with E-state index in [9.17, 15) is 9.59 Å². The highest BCUT2D eigenvalue weighted by molar-refractivity contribution is 7.15. The number of hydrazone groups is 1. The molecular weight excluding hydrogens is 362 g/mol. The smallest absolute Gasteiger partial charge is 0.273 e. The minimum Gasteiger partial charge on any atom is -0.297 e. The molecule has 1 aromatic carbocycles. The molecule has 136 valence electrons. The monoisotopic (exact) mass is 379 g/mol. The minimum atomic E-state index is -0.320. The largest absolute Gasteiger partial charge is 0.297 e. The molecule has 1 aliphatic rings. The Bertz CT molecular complexity index is 1060. The van der Waals surface area contributed by atoms with Crippen LogP contribution in [-0.4, -0.2) is 39.6 Å². The molecule has 0 saturated heterocycles. The van der Waals surface area contributed by atoms with E-state index in [4.69, 9.17) is 0 Å². The number of carbonyl (C=O) groups excluding carboxylic acids is 2. The highest BCUT2D eigenvalue weighted by Crippen LogP contribution is 2.22. The summed E-state index contributed by atoms with van der Waals surface area (Å²) in [4.78, 5) is 33.7. The number of rotatable bonds is 4. The molecular formula is C19H17N5O2S. The van der Waals surface area contributed by atoms with Crippen molar-refractivity contribution in [2.24, 2.45) is 5.10 Å². The molecule has 3 heterocycles. The van der Waals surface area contributed by atoms with Gasteiger partial charge in [-0.25, -0.2) is 9.99 Å². The zero-order chi connectivity index (χ0) is 18.8. The molecule has 0 aliphatic carbocycles. The first-order valence-corrected chi connectivity index (χ1v) is 9.35. The molecule has 3 aromatic rings. The van der Waals surface area contributed by atoms with E-state index in [0.717, 1.165) is 21.5 Å². The summed E-state index contributed by atoms with van der Waals surface area (Å²) in [7, 11) is 1.55. The summed E-state index contributed by atoms with van der Waals surface area (Å²) in [5.41, 5.74) is 2.25. The molecule has 7 nitrogen and oxygen atoms in total. The van der Waals surface area contributed by atoms with E-state index >= 15 is 0 Å². The zero-order valence-electron chi connectivity index (χ0n) is 14.7. The number of para-hydroxylation sites is 1. The lowest BCUT2D eigenvalue weighted by molar-refractivity contribution is -0.130. The minimum absolute atomic E-state index is 0.0917. The van der Waals surface area contributed by atoms with Gasteiger partial charge in [0.1, 0.15) is 5.71 Å². The summed E-state index contributed by atoms with van der Waals surface area (Å²) < 4.78 is 0. The number of nitrogens with zero attached hydrogens (tertiary/aromatic N) is 4. The lowest BCUT2D eigenvalue weighted by atomic mass is 10.1. The van der Waals surface area contributed by atoms with Crippen LogP contribution in [-0.2, 0) is 16.0 Å². The Hall–Kier alpha value is -3.13. The summed E-state index contributed by atoms with van der Waals surface area (Å²) in [6.45, 7) is 0. The molecule has 0 bridgehead atoms. The average Bonchev–Trinajstić information content (AvgIpc) is 3.10. The SMILES string of the molecule is CN1N=C(C(=O)Nc2ncc(Cc3ccc4ccccc4n3)s2)CCC1=O. The highest BCUT2D eigenvalue weighted by Gasteiger charge is 2.22. The van der Waals surface area contributed by atoms with Crippen LogP contribution in [0, 0.1) is 0 Å². The molecule has 0 spiro atoms. The van der Waals surface area contributed by atoms with Crippen LogP contribution in [0.4, 0.5) is 5.13 Å². The first-order valence-electron chi connectivity index (χ1n) is 8.53. The topological polar surface area (TPSA) is 87.6 Å². The van der Waals surface area contributed by atoms with Crippen molar-refractivity contribution in [3.05, 3.63) is 53.2 Å². The predicted molar refractivity (Wildman–Crippen MR) is 105 cm³/mol. The number of anilines is 1. The quantitative estimate of drug-likeness (QED) is 0.755. The molecule has 8 heteroatoms. The lowest BCUT2D eigenvalue weighted by Gasteiger charge is -2.18. The number of hydrogen-bond acceptors (Lipinski definition) is 6. The van der Waals surface area contributed by atoms with E-state index in [1.165, 1.54) is 16.3 Å². The number of pyridine rings is 1. The summed E-state index contributed by atoms with van der Waals surface area (Å²) in [5.74, 6) is -0.412. The first-order chi connectivity index (χ1) is 13.1. The number of benzene rings is 1. The fourth-order valence-electron chi connectivity index (χ4n) is 2.83. The van der Waals surface area contributed by atoms with Crippen molar-refractivity contribution in [2.45, 2.75) is 19.3 Å². The maximum absolute atomic E-state index is 12.3. The predicted octanol–water partition coefficient (Wildman–Crippen LogP) is 2.83. The number of nitrogens with one attached hydrogen (secondary N) is 1. The van der Waals surface area contributed by atoms with Crippen LogP contribution in [0.5, 0.6) is 0 Å². The van der Waals surface area contributed by atoms with Crippen molar-refractivity contribution in [2.75, 3.05) is 12.4 Å². The van der Waals surface area contributed by atoms with Crippen molar-refractivity contribution < 1.29 is 9.59 Å². The van der Waals surface area contributed by atoms with Crippen LogP contribution < -0.4 is 5.32 Å². The number of aromatic nitrogens is 2. The van der Waals surface area contributed by atoms with E-state index in [0.29, 0.717) is 30.1 Å². The molecule has 0 saturated carbocycles. The first kappa shape index (κ1) is 17.3. The fraction of sp³-hybridized carbons (Fsp3) is 0.211. The Morgan fingerprint density at radius 1 is 1.22 bits per heavy atom. The Morgan fingerprint density at radius 2 is 2.07 bits per heavy atom. The maximum atomic E-state index is 12.3. The molecule has 2 aromatic heterocycles. The van der Waals surface area contributed by atoms with Crippen LogP contribution in [0.3, 0.4) is 0 Å². The van der Waals surface area contributed by atoms with E-state index in [1.54, 1.807) is 13.2 Å². The molecule has 0 unspecified atom stereocenters. The van der Waals surface area contributed by atoms with Gasteiger partial charge in [0.25, 0.3) is 5.91 Å². The van der Waals surface area contributed by atoms with Gasteiger partial charge in [-0.2, -0.15) is 5.10 Å². The van der Waals surface area contributed by atoms with Crippen molar-refractivity contribution in [1.29, 1.82) is 0 Å². The standard InChI is InChI=1S/C19H17N5O2S/c1-24-17(25)9-8-16(23-24)18(26)22-19-20-11-14(27-19)10-13-7-6-12-4-2-3-5-15(12)21-13/h2-7,11H,8-10H2,1H3,(H,20,22,26).